The van der Waals surface area contributed by atoms with Crippen molar-refractivity contribution in [2.45, 2.75) is 32.7 Å². The van der Waals surface area contributed by atoms with Crippen LogP contribution in [0.15, 0.2) is 30.5 Å². The second-order valence-corrected chi connectivity index (χ2v) is 6.30. The van der Waals surface area contributed by atoms with Gasteiger partial charge in [-0.3, -0.25) is 9.48 Å². The average Bonchev–Trinajstić information content (AvgIpc) is 3.25. The number of benzene rings is 1. The maximum absolute atomic E-state index is 12.3. The molecule has 4 heteroatoms. The van der Waals surface area contributed by atoms with Crippen molar-refractivity contribution >= 4 is 16.7 Å². The van der Waals surface area contributed by atoms with Gasteiger partial charge in [0.25, 0.3) is 0 Å². The van der Waals surface area contributed by atoms with E-state index in [1.54, 1.807) is 12.3 Å². The molecule has 1 aliphatic carbocycles. The van der Waals surface area contributed by atoms with Gasteiger partial charge in [-0.25, -0.2) is 0 Å². The maximum atomic E-state index is 12.3. The molecule has 1 heterocycles. The van der Waals surface area contributed by atoms with Crippen LogP contribution in [0.1, 0.15) is 35.8 Å². The van der Waals surface area contributed by atoms with E-state index in [1.807, 2.05) is 37.2 Å². The topological polar surface area (TPSA) is 38.1 Å². The van der Waals surface area contributed by atoms with Gasteiger partial charge in [-0.1, -0.05) is 19.1 Å². The Balaban J connectivity index is 1.98. The van der Waals surface area contributed by atoms with Gasteiger partial charge in [0.1, 0.15) is 0 Å². The molecule has 0 atom stereocenters. The Morgan fingerprint density at radius 2 is 2.18 bits per heavy atom. The molecule has 0 N–H and O–H groups in total. The summed E-state index contributed by atoms with van der Waals surface area (Å²) in [5.41, 5.74) is 2.94. The zero-order valence-corrected chi connectivity index (χ0v) is 13.5. The molecular formula is C18H23N3O. The van der Waals surface area contributed by atoms with Crippen LogP contribution >= 0.6 is 0 Å². The number of aryl methyl sites for hydroxylation is 1. The Morgan fingerprint density at radius 1 is 1.41 bits per heavy atom. The van der Waals surface area contributed by atoms with Gasteiger partial charge in [0.05, 0.1) is 11.2 Å². The van der Waals surface area contributed by atoms with Crippen molar-refractivity contribution in [2.24, 2.45) is 5.92 Å². The summed E-state index contributed by atoms with van der Waals surface area (Å²) in [6.45, 7) is 3.10. The number of ketones is 1. The second-order valence-electron chi connectivity index (χ2n) is 6.30. The molecule has 0 bridgehead atoms. The quantitative estimate of drug-likeness (QED) is 0.607. The summed E-state index contributed by atoms with van der Waals surface area (Å²) < 4.78 is 2.10. The van der Waals surface area contributed by atoms with Gasteiger partial charge in [0, 0.05) is 43.9 Å². The monoisotopic (exact) mass is 297 g/mol. The van der Waals surface area contributed by atoms with Crippen LogP contribution in [0.5, 0.6) is 0 Å². The average molecular weight is 297 g/mol. The van der Waals surface area contributed by atoms with E-state index in [-0.39, 0.29) is 5.78 Å². The molecule has 1 aromatic heterocycles. The number of carbonyl (C=O) groups excluding carboxylic acids is 1. The molecule has 116 valence electrons. The number of carbonyl (C=O) groups is 1. The lowest BCUT2D eigenvalue weighted by atomic mass is 10.1. The predicted octanol–water partition coefficient (Wildman–Crippen LogP) is 3.27. The van der Waals surface area contributed by atoms with E-state index >= 15 is 0 Å². The Kier molecular flexibility index (Phi) is 4.01. The summed E-state index contributed by atoms with van der Waals surface area (Å²) in [5.74, 6) is 0.800. The number of fused-ring (bicyclic) bond motifs is 1. The number of aromatic nitrogens is 2. The summed E-state index contributed by atoms with van der Waals surface area (Å²) in [6, 6.07) is 5.94. The third kappa shape index (κ3) is 3.06. The van der Waals surface area contributed by atoms with E-state index in [9.17, 15) is 4.79 Å². The van der Waals surface area contributed by atoms with Crippen molar-refractivity contribution in [2.75, 3.05) is 14.1 Å². The molecule has 0 spiro atoms. The van der Waals surface area contributed by atoms with Gasteiger partial charge in [-0.2, -0.15) is 5.10 Å². The Hall–Kier alpha value is -2.10. The molecule has 1 aromatic carbocycles. The van der Waals surface area contributed by atoms with E-state index in [2.05, 4.69) is 11.6 Å². The molecule has 0 amide bonds. The second kappa shape index (κ2) is 5.95. The smallest absolute Gasteiger partial charge is 0.187 e. The van der Waals surface area contributed by atoms with Crippen LogP contribution in [-0.4, -0.2) is 34.6 Å². The molecule has 22 heavy (non-hydrogen) atoms. The zero-order valence-electron chi connectivity index (χ0n) is 13.5. The molecule has 0 saturated heterocycles. The van der Waals surface area contributed by atoms with Crippen molar-refractivity contribution in [3.8, 4) is 0 Å². The standard InChI is InChI=1S/C18H23N3O/c1-4-16-15-8-7-14(18(22)9-10-20(2)3)11-17(15)21(19-16)12-13-5-6-13/h7-11,13H,4-6,12H2,1-3H3/b10-9+. The van der Waals surface area contributed by atoms with E-state index in [1.165, 1.54) is 18.2 Å². The van der Waals surface area contributed by atoms with Crippen molar-refractivity contribution in [3.05, 3.63) is 41.7 Å². The predicted molar refractivity (Wildman–Crippen MR) is 89.0 cm³/mol. The zero-order chi connectivity index (χ0) is 15.7. The fourth-order valence-corrected chi connectivity index (χ4v) is 2.65. The number of rotatable bonds is 6. The first kappa shape index (κ1) is 14.8. The molecule has 1 saturated carbocycles. The first-order chi connectivity index (χ1) is 10.6. The van der Waals surface area contributed by atoms with Gasteiger partial charge >= 0.3 is 0 Å². The van der Waals surface area contributed by atoms with Crippen LogP contribution < -0.4 is 0 Å². The lowest BCUT2D eigenvalue weighted by Gasteiger charge is -2.04. The number of hydrogen-bond acceptors (Lipinski definition) is 3. The normalized spacial score (nSPS) is 14.9. The molecule has 1 fully saturated rings. The fraction of sp³-hybridized carbons (Fsp3) is 0.444. The van der Waals surface area contributed by atoms with Crippen LogP contribution in [0.4, 0.5) is 0 Å². The Labute approximate surface area is 131 Å². The van der Waals surface area contributed by atoms with Gasteiger partial charge in [0.15, 0.2) is 5.78 Å². The summed E-state index contributed by atoms with van der Waals surface area (Å²) in [5, 5.41) is 5.92. The number of nitrogens with zero attached hydrogens (tertiary/aromatic N) is 3. The first-order valence-corrected chi connectivity index (χ1v) is 7.97. The molecule has 0 radical (unpaired) electrons. The third-order valence-electron chi connectivity index (χ3n) is 4.10. The van der Waals surface area contributed by atoms with Crippen LogP contribution in [0.3, 0.4) is 0 Å². The summed E-state index contributed by atoms with van der Waals surface area (Å²) in [4.78, 5) is 14.1. The van der Waals surface area contributed by atoms with Crippen LogP contribution in [0.25, 0.3) is 10.9 Å². The Bertz CT molecular complexity index is 723. The van der Waals surface area contributed by atoms with Crippen molar-refractivity contribution in [1.29, 1.82) is 0 Å². The number of allylic oxidation sites excluding steroid dienone is 1. The van der Waals surface area contributed by atoms with E-state index in [0.717, 1.165) is 35.7 Å². The fourth-order valence-electron chi connectivity index (χ4n) is 2.65. The van der Waals surface area contributed by atoms with Crippen LogP contribution in [0, 0.1) is 5.92 Å². The molecule has 4 nitrogen and oxygen atoms in total. The van der Waals surface area contributed by atoms with Crippen molar-refractivity contribution < 1.29 is 4.79 Å². The SMILES string of the molecule is CCc1nn(CC2CC2)c2cc(C(=O)/C=C/N(C)C)ccc12. The highest BCUT2D eigenvalue weighted by Gasteiger charge is 2.23. The first-order valence-electron chi connectivity index (χ1n) is 7.97. The van der Waals surface area contributed by atoms with E-state index in [4.69, 9.17) is 5.10 Å². The van der Waals surface area contributed by atoms with E-state index < -0.39 is 0 Å². The summed E-state index contributed by atoms with van der Waals surface area (Å²) in [7, 11) is 3.82. The molecular weight excluding hydrogens is 274 g/mol. The maximum Gasteiger partial charge on any atom is 0.187 e. The molecule has 2 aromatic rings. The number of hydrogen-bond donors (Lipinski definition) is 0. The molecule has 1 aliphatic rings. The largest absolute Gasteiger partial charge is 0.383 e. The van der Waals surface area contributed by atoms with Gasteiger partial charge in [-0.05, 0) is 31.2 Å². The highest BCUT2D eigenvalue weighted by Crippen LogP contribution is 2.32. The Morgan fingerprint density at radius 3 is 2.82 bits per heavy atom. The summed E-state index contributed by atoms with van der Waals surface area (Å²) in [6.07, 6.45) is 6.91. The van der Waals surface area contributed by atoms with Crippen molar-refractivity contribution in [3.63, 3.8) is 0 Å². The lowest BCUT2D eigenvalue weighted by molar-refractivity contribution is 0.104. The third-order valence-corrected chi connectivity index (χ3v) is 4.10. The van der Waals surface area contributed by atoms with Gasteiger partial charge in [0.2, 0.25) is 0 Å². The van der Waals surface area contributed by atoms with Gasteiger partial charge < -0.3 is 4.90 Å². The molecule has 0 unspecified atom stereocenters. The highest BCUT2D eigenvalue weighted by atomic mass is 16.1. The summed E-state index contributed by atoms with van der Waals surface area (Å²) >= 11 is 0. The van der Waals surface area contributed by atoms with Crippen LogP contribution in [-0.2, 0) is 13.0 Å². The van der Waals surface area contributed by atoms with E-state index in [0.29, 0.717) is 0 Å². The molecule has 3 rings (SSSR count). The van der Waals surface area contributed by atoms with Gasteiger partial charge in [-0.15, -0.1) is 0 Å². The highest BCUT2D eigenvalue weighted by molar-refractivity contribution is 6.06. The molecule has 0 aliphatic heterocycles. The minimum atomic E-state index is 0.0350. The lowest BCUT2D eigenvalue weighted by Crippen LogP contribution is -2.04. The minimum absolute atomic E-state index is 0.0350. The minimum Gasteiger partial charge on any atom is -0.383 e. The van der Waals surface area contributed by atoms with Crippen LogP contribution in [0.2, 0.25) is 0 Å². The van der Waals surface area contributed by atoms with Crippen molar-refractivity contribution in [1.82, 2.24) is 14.7 Å².